The van der Waals surface area contributed by atoms with E-state index in [0.717, 1.165) is 12.0 Å². The van der Waals surface area contributed by atoms with E-state index in [9.17, 15) is 0 Å². The molecule has 3 rings (SSSR count). The lowest BCUT2D eigenvalue weighted by atomic mass is 10.3. The Kier molecular flexibility index (Phi) is 0.212. The second-order valence-corrected chi connectivity index (χ2v) is 2.77. The number of fused-ring (bicyclic) bond motifs is 2. The maximum Gasteiger partial charge on any atom is 0.0331 e. The van der Waals surface area contributed by atoms with Gasteiger partial charge in [-0.1, -0.05) is 0 Å². The highest BCUT2D eigenvalue weighted by Crippen LogP contribution is 2.55. The molecule has 1 nitrogen and oxygen atoms in total. The van der Waals surface area contributed by atoms with Gasteiger partial charge >= 0.3 is 0 Å². The number of hydrogen-bond donors (Lipinski definition) is 1. The average molecular weight is 93.1 g/mol. The molecule has 0 aromatic heterocycles. The lowest BCUT2D eigenvalue weighted by molar-refractivity contribution is 0.794. The normalized spacial score (nSPS) is 50.3. The van der Waals surface area contributed by atoms with Gasteiger partial charge in [-0.3, -0.25) is 0 Å². The number of hydrogen-bond acceptors (Lipinski definition) is 1. The zero-order chi connectivity index (χ0) is 4.43. The summed E-state index contributed by atoms with van der Waals surface area (Å²) in [5.74, 6) is 1.02. The van der Waals surface area contributed by atoms with Gasteiger partial charge in [0.05, 0.1) is 0 Å². The van der Waals surface area contributed by atoms with Crippen molar-refractivity contribution in [3.63, 3.8) is 0 Å². The van der Waals surface area contributed by atoms with Crippen LogP contribution in [0.5, 0.6) is 0 Å². The van der Waals surface area contributed by atoms with Gasteiger partial charge in [-0.05, 0) is 12.0 Å². The Hall–Kier alpha value is -0.460. The molecule has 0 saturated heterocycles. The molecule has 2 atom stereocenters. The molecule has 0 radical (unpaired) electrons. The van der Waals surface area contributed by atoms with Crippen molar-refractivity contribution < 1.29 is 0 Å². The van der Waals surface area contributed by atoms with Gasteiger partial charge in [-0.25, -0.2) is 0 Å². The van der Waals surface area contributed by atoms with E-state index in [-0.39, 0.29) is 0 Å². The van der Waals surface area contributed by atoms with E-state index in [1.54, 1.807) is 11.3 Å². The van der Waals surface area contributed by atoms with Crippen LogP contribution in [0.15, 0.2) is 11.3 Å². The summed E-state index contributed by atoms with van der Waals surface area (Å²) in [5.41, 5.74) is 3.34. The minimum absolute atomic E-state index is 0.916. The lowest BCUT2D eigenvalue weighted by Gasteiger charge is -1.92. The second kappa shape index (κ2) is 0.540. The summed E-state index contributed by atoms with van der Waals surface area (Å²) >= 11 is 0. The Morgan fingerprint density at radius 2 is 2.57 bits per heavy atom. The molecule has 0 aromatic rings. The monoisotopic (exact) mass is 93.1 g/mol. The smallest absolute Gasteiger partial charge is 0.0331 e. The van der Waals surface area contributed by atoms with Crippen molar-refractivity contribution in [3.05, 3.63) is 11.3 Å². The van der Waals surface area contributed by atoms with E-state index in [1.807, 2.05) is 0 Å². The van der Waals surface area contributed by atoms with E-state index in [2.05, 4.69) is 5.32 Å². The van der Waals surface area contributed by atoms with Crippen LogP contribution in [0, 0.1) is 5.92 Å². The molecule has 7 heavy (non-hydrogen) atoms. The second-order valence-electron chi connectivity index (χ2n) is 2.77. The van der Waals surface area contributed by atoms with Gasteiger partial charge in [-0.2, -0.15) is 0 Å². The van der Waals surface area contributed by atoms with E-state index >= 15 is 0 Å². The molecule has 0 aromatic carbocycles. The zero-order valence-corrected chi connectivity index (χ0v) is 4.07. The molecule has 1 aliphatic heterocycles. The molecular formula is C6H7N. The molecule has 1 saturated carbocycles. The van der Waals surface area contributed by atoms with E-state index in [1.165, 1.54) is 12.8 Å². The van der Waals surface area contributed by atoms with Gasteiger partial charge < -0.3 is 5.32 Å². The molecule has 36 valence electrons. The molecule has 0 bridgehead atoms. The van der Waals surface area contributed by atoms with Crippen LogP contribution in [0.3, 0.4) is 0 Å². The highest BCUT2D eigenvalue weighted by Gasteiger charge is 2.52. The third-order valence-electron chi connectivity index (χ3n) is 2.23. The molecular weight excluding hydrogens is 86.1 g/mol. The van der Waals surface area contributed by atoms with Crippen molar-refractivity contribution in [1.82, 2.24) is 5.32 Å². The van der Waals surface area contributed by atoms with E-state index < -0.39 is 0 Å². The first-order valence-electron chi connectivity index (χ1n) is 2.93. The number of nitrogens with one attached hydrogen (secondary N) is 1. The maximum absolute atomic E-state index is 3.44. The molecule has 1 fully saturated rings. The summed E-state index contributed by atoms with van der Waals surface area (Å²) in [6.07, 6.45) is 2.78. The Labute approximate surface area is 42.4 Å². The Morgan fingerprint density at radius 1 is 1.57 bits per heavy atom. The minimum Gasteiger partial charge on any atom is -0.385 e. The van der Waals surface area contributed by atoms with Crippen LogP contribution in [-0.4, -0.2) is 6.04 Å². The van der Waals surface area contributed by atoms with E-state index in [4.69, 9.17) is 0 Å². The first-order chi connectivity index (χ1) is 3.45. The Balaban J connectivity index is 2.16. The van der Waals surface area contributed by atoms with Crippen molar-refractivity contribution in [2.24, 2.45) is 5.92 Å². The first-order valence-corrected chi connectivity index (χ1v) is 2.93. The van der Waals surface area contributed by atoms with Crippen LogP contribution in [0.4, 0.5) is 0 Å². The van der Waals surface area contributed by atoms with Gasteiger partial charge in [0.1, 0.15) is 0 Å². The quantitative estimate of drug-likeness (QED) is 0.463. The van der Waals surface area contributed by atoms with Crippen LogP contribution in [0.2, 0.25) is 0 Å². The van der Waals surface area contributed by atoms with Crippen molar-refractivity contribution in [2.45, 2.75) is 18.9 Å². The Morgan fingerprint density at radius 3 is 3.00 bits per heavy atom. The minimum atomic E-state index is 0.916. The van der Waals surface area contributed by atoms with Crippen LogP contribution < -0.4 is 5.32 Å². The van der Waals surface area contributed by atoms with Crippen molar-refractivity contribution in [2.75, 3.05) is 0 Å². The summed E-state index contributed by atoms with van der Waals surface area (Å²) in [6.45, 7) is 0. The number of allylic oxidation sites excluding steroid dienone is 1. The molecule has 0 spiro atoms. The third kappa shape index (κ3) is 0.182. The molecule has 2 unspecified atom stereocenters. The van der Waals surface area contributed by atoms with Gasteiger partial charge in [0.15, 0.2) is 0 Å². The van der Waals surface area contributed by atoms with Gasteiger partial charge in [0.2, 0.25) is 0 Å². The topological polar surface area (TPSA) is 12.0 Å². The largest absolute Gasteiger partial charge is 0.385 e. The third-order valence-corrected chi connectivity index (χ3v) is 2.23. The predicted molar refractivity (Wildman–Crippen MR) is 26.7 cm³/mol. The van der Waals surface area contributed by atoms with Gasteiger partial charge in [0, 0.05) is 24.1 Å². The van der Waals surface area contributed by atoms with Crippen molar-refractivity contribution in [3.8, 4) is 0 Å². The van der Waals surface area contributed by atoms with Gasteiger partial charge in [-0.15, -0.1) is 0 Å². The zero-order valence-electron chi connectivity index (χ0n) is 4.07. The van der Waals surface area contributed by atoms with Crippen LogP contribution >= 0.6 is 0 Å². The van der Waals surface area contributed by atoms with Crippen molar-refractivity contribution in [1.29, 1.82) is 0 Å². The highest BCUT2D eigenvalue weighted by atomic mass is 15.1. The summed E-state index contributed by atoms with van der Waals surface area (Å²) in [6, 6.07) is 0.916. The fourth-order valence-corrected chi connectivity index (χ4v) is 1.61. The molecule has 0 amide bonds. The lowest BCUT2D eigenvalue weighted by Crippen LogP contribution is -2.08. The number of rotatable bonds is 0. The standard InChI is InChI=1S/C6H7N/c1-3-4-2-6(4)7-5(1)3/h3,5,7H,1-2H2. The fourth-order valence-electron chi connectivity index (χ4n) is 1.61. The predicted octanol–water partition coefficient (Wildman–Crippen LogP) is 0.636. The molecule has 1 heteroatoms. The van der Waals surface area contributed by atoms with Crippen LogP contribution in [-0.2, 0) is 0 Å². The van der Waals surface area contributed by atoms with Gasteiger partial charge in [0.25, 0.3) is 0 Å². The summed E-state index contributed by atoms with van der Waals surface area (Å²) in [5, 5.41) is 3.44. The first kappa shape index (κ1) is 2.75. The van der Waals surface area contributed by atoms with E-state index in [0.29, 0.717) is 0 Å². The average Bonchev–Trinajstić information content (AvgIpc) is 2.47. The highest BCUT2D eigenvalue weighted by molar-refractivity contribution is 5.47. The SMILES string of the molecule is C1C2=C1C1CC1N2. The van der Waals surface area contributed by atoms with Crippen molar-refractivity contribution >= 4 is 0 Å². The maximum atomic E-state index is 3.44. The van der Waals surface area contributed by atoms with Crippen LogP contribution in [0.1, 0.15) is 12.8 Å². The Bertz CT molecular complexity index is 169. The summed E-state index contributed by atoms with van der Waals surface area (Å²) in [4.78, 5) is 0. The number of piperidine rings is 1. The molecule has 3 aliphatic rings. The fraction of sp³-hybridized carbons (Fsp3) is 0.667. The molecule has 2 aliphatic carbocycles. The summed E-state index contributed by atoms with van der Waals surface area (Å²) in [7, 11) is 0. The van der Waals surface area contributed by atoms with Crippen LogP contribution in [0.25, 0.3) is 0 Å². The molecule has 1 heterocycles. The molecule has 1 N–H and O–H groups in total. The summed E-state index contributed by atoms with van der Waals surface area (Å²) < 4.78 is 0.